The van der Waals surface area contributed by atoms with Crippen molar-refractivity contribution in [2.24, 2.45) is 0 Å². The smallest absolute Gasteiger partial charge is 0.0972 e. The first-order valence-corrected chi connectivity index (χ1v) is 18.4. The van der Waals surface area contributed by atoms with E-state index >= 15 is 0 Å². The first-order chi connectivity index (χ1) is 27.5. The number of hydrogen-bond acceptors (Lipinski definition) is 7. The highest BCUT2D eigenvalue weighted by Gasteiger charge is 2.13. The Labute approximate surface area is 322 Å². The summed E-state index contributed by atoms with van der Waals surface area (Å²) in [5.41, 5.74) is 20.8. The van der Waals surface area contributed by atoms with Crippen LogP contribution in [0.3, 0.4) is 0 Å². The summed E-state index contributed by atoms with van der Waals surface area (Å²) in [6, 6.07) is 47.5. The van der Waals surface area contributed by atoms with E-state index in [4.69, 9.17) is 31.1 Å². The first kappa shape index (κ1) is 33.0. The van der Waals surface area contributed by atoms with E-state index in [0.29, 0.717) is 5.69 Å². The van der Waals surface area contributed by atoms with E-state index in [0.717, 1.165) is 111 Å². The molecule has 0 radical (unpaired) electrons. The summed E-state index contributed by atoms with van der Waals surface area (Å²) >= 11 is 0. The van der Waals surface area contributed by atoms with Crippen molar-refractivity contribution < 1.29 is 0 Å². The second-order valence-corrected chi connectivity index (χ2v) is 14.0. The van der Waals surface area contributed by atoms with Gasteiger partial charge in [0.1, 0.15) is 0 Å². The molecule has 0 fully saturated rings. The minimum absolute atomic E-state index is 0.631. The highest BCUT2D eigenvalue weighted by molar-refractivity contribution is 6.05. The quantitative estimate of drug-likeness (QED) is 0.100. The Bertz CT molecular complexity index is 3260. The Morgan fingerprint density at radius 1 is 0.464 bits per heavy atom. The van der Waals surface area contributed by atoms with Gasteiger partial charge in [-0.1, -0.05) is 91.0 Å². The zero-order valence-electron chi connectivity index (χ0n) is 30.4. The molecule has 0 amide bonds. The number of aryl methyl sites for hydroxylation is 1. The van der Waals surface area contributed by atoms with Crippen LogP contribution in [0.15, 0.2) is 152 Å². The average Bonchev–Trinajstić information content (AvgIpc) is 3.25. The lowest BCUT2D eigenvalue weighted by atomic mass is 10.0. The normalized spacial score (nSPS) is 11.7. The van der Waals surface area contributed by atoms with Crippen molar-refractivity contribution in [1.82, 2.24) is 24.9 Å². The molecule has 3 N–H and O–H groups in total. The van der Waals surface area contributed by atoms with Gasteiger partial charge in [-0.3, -0.25) is 4.98 Å². The van der Waals surface area contributed by atoms with Crippen LogP contribution in [-0.4, -0.2) is 31.1 Å². The molecule has 0 atom stereocenters. The van der Waals surface area contributed by atoms with Gasteiger partial charge in [0.2, 0.25) is 0 Å². The van der Waals surface area contributed by atoms with E-state index in [9.17, 15) is 0 Å². The lowest BCUT2D eigenvalue weighted by molar-refractivity contribution is 1.34. The fraction of sp³-hybridized carbons (Fsp3) is 0.0204. The second kappa shape index (κ2) is 13.3. The van der Waals surface area contributed by atoms with Crippen molar-refractivity contribution in [3.63, 3.8) is 0 Å². The van der Waals surface area contributed by atoms with Crippen molar-refractivity contribution in [3.8, 4) is 45.0 Å². The fourth-order valence-electron chi connectivity index (χ4n) is 7.60. The minimum Gasteiger partial charge on any atom is -0.399 e. The van der Waals surface area contributed by atoms with E-state index in [2.05, 4.69) is 121 Å². The highest BCUT2D eigenvalue weighted by Crippen LogP contribution is 2.34. The van der Waals surface area contributed by atoms with Crippen molar-refractivity contribution >= 4 is 72.5 Å². The third-order valence-electron chi connectivity index (χ3n) is 10.5. The van der Waals surface area contributed by atoms with Crippen molar-refractivity contribution in [3.05, 3.63) is 163 Å². The number of allylic oxidation sites excluding steroid dienone is 1. The number of aromatic nitrogens is 5. The summed E-state index contributed by atoms with van der Waals surface area (Å²) in [7, 11) is 0. The Balaban J connectivity index is 1.04. The van der Waals surface area contributed by atoms with Gasteiger partial charge in [-0.2, -0.15) is 0 Å². The zero-order chi connectivity index (χ0) is 37.8. The maximum atomic E-state index is 7.39. The summed E-state index contributed by atoms with van der Waals surface area (Å²) in [5.74, 6) is 0. The molecule has 0 unspecified atom stereocenters. The number of nitrogen functional groups attached to an aromatic ring is 1. The van der Waals surface area contributed by atoms with Crippen LogP contribution in [0.5, 0.6) is 0 Å². The molecule has 56 heavy (non-hydrogen) atoms. The molecule has 0 saturated heterocycles. The summed E-state index contributed by atoms with van der Waals surface area (Å²) in [6.07, 6.45) is 6.77. The van der Waals surface area contributed by atoms with E-state index in [-0.39, 0.29) is 0 Å². The zero-order valence-corrected chi connectivity index (χ0v) is 30.4. The summed E-state index contributed by atoms with van der Waals surface area (Å²) < 4.78 is 0. The number of nitrogens with two attached hydrogens (primary N) is 1. The second-order valence-electron chi connectivity index (χ2n) is 14.0. The molecule has 7 nitrogen and oxygen atoms in total. The number of nitrogens with one attached hydrogen (secondary N) is 1. The lowest BCUT2D eigenvalue weighted by Gasteiger charge is -2.11. The SMILES string of the molecule is Cc1c(/C=C\C=N)ccc2ccc(-c3cccc(-c4ccc5ccc6ccc(-c7cc(N)cc(-c8ccc9ccc%10cccnc%10c9n8)c7)nc6c5n4)c3)nc12. The number of fused-ring (bicyclic) bond motifs is 7. The molecule has 0 saturated carbocycles. The number of benzene rings is 5. The molecule has 5 aromatic heterocycles. The van der Waals surface area contributed by atoms with Crippen LogP contribution in [-0.2, 0) is 0 Å². The molecule has 5 aromatic carbocycles. The largest absolute Gasteiger partial charge is 0.399 e. The molecule has 0 aliphatic heterocycles. The predicted molar refractivity (Wildman–Crippen MR) is 232 cm³/mol. The topological polar surface area (TPSA) is 114 Å². The average molecular weight is 720 g/mol. The molecule has 264 valence electrons. The number of pyridine rings is 5. The Hall–Kier alpha value is -7.64. The van der Waals surface area contributed by atoms with E-state index in [1.807, 2.05) is 36.4 Å². The standard InChI is InChI=1S/C49H33N7/c1-29-30(7-3-23-50)9-10-32-15-19-41(53-45(29)32)36-5-2-6-37(25-36)42-20-16-34-13-14-35-18-22-44(56-49(35)48(34)54-42)39-26-38(27-40(51)28-39)43-21-17-33-12-11-31-8-4-24-52-46(31)47(33)55-43/h2-28,50H,51H2,1H3/b7-3-,50-23?. The van der Waals surface area contributed by atoms with E-state index < -0.39 is 0 Å². The molecular formula is C49H33N7. The lowest BCUT2D eigenvalue weighted by Crippen LogP contribution is -1.94. The van der Waals surface area contributed by atoms with E-state index in [1.54, 1.807) is 12.3 Å². The van der Waals surface area contributed by atoms with Gasteiger partial charge in [0.05, 0.1) is 50.4 Å². The molecule has 0 aliphatic carbocycles. The number of nitrogens with zero attached hydrogens (tertiary/aromatic N) is 5. The van der Waals surface area contributed by atoms with Crippen molar-refractivity contribution in [2.45, 2.75) is 6.92 Å². The van der Waals surface area contributed by atoms with Gasteiger partial charge < -0.3 is 11.1 Å². The van der Waals surface area contributed by atoms with Crippen LogP contribution < -0.4 is 5.73 Å². The molecule has 10 aromatic rings. The molecule has 5 heterocycles. The number of rotatable bonds is 6. The fourth-order valence-corrected chi connectivity index (χ4v) is 7.60. The van der Waals surface area contributed by atoms with Crippen LogP contribution >= 0.6 is 0 Å². The Morgan fingerprint density at radius 3 is 1.48 bits per heavy atom. The van der Waals surface area contributed by atoms with Gasteiger partial charge in [-0.15, -0.1) is 0 Å². The third-order valence-corrected chi connectivity index (χ3v) is 10.5. The molecule has 0 bridgehead atoms. The molecule has 0 spiro atoms. The molecule has 7 heteroatoms. The summed E-state index contributed by atoms with van der Waals surface area (Å²) in [4.78, 5) is 25.3. The Morgan fingerprint density at radius 2 is 0.911 bits per heavy atom. The highest BCUT2D eigenvalue weighted by atomic mass is 14.8. The van der Waals surface area contributed by atoms with E-state index in [1.165, 1.54) is 6.21 Å². The van der Waals surface area contributed by atoms with Crippen LogP contribution in [0.4, 0.5) is 5.69 Å². The number of anilines is 1. The maximum absolute atomic E-state index is 7.39. The van der Waals surface area contributed by atoms with Crippen molar-refractivity contribution in [2.75, 3.05) is 5.73 Å². The molecule has 0 aliphatic rings. The summed E-state index contributed by atoms with van der Waals surface area (Å²) in [5, 5.41) is 12.6. The van der Waals surface area contributed by atoms with Gasteiger partial charge in [0.25, 0.3) is 0 Å². The minimum atomic E-state index is 0.631. The van der Waals surface area contributed by atoms with Gasteiger partial charge in [0.15, 0.2) is 0 Å². The maximum Gasteiger partial charge on any atom is 0.0972 e. The van der Waals surface area contributed by atoms with Crippen LogP contribution in [0.25, 0.3) is 106 Å². The molecular weight excluding hydrogens is 687 g/mol. The van der Waals surface area contributed by atoms with Gasteiger partial charge in [-0.25, -0.2) is 19.9 Å². The third kappa shape index (κ3) is 5.79. The van der Waals surface area contributed by atoms with Crippen LogP contribution in [0.2, 0.25) is 0 Å². The van der Waals surface area contributed by atoms with Crippen LogP contribution in [0.1, 0.15) is 11.1 Å². The number of hydrogen-bond donors (Lipinski definition) is 2. The monoisotopic (exact) mass is 719 g/mol. The molecule has 10 rings (SSSR count). The predicted octanol–water partition coefficient (Wildman–Crippen LogP) is 11.6. The van der Waals surface area contributed by atoms with Crippen molar-refractivity contribution in [1.29, 1.82) is 5.41 Å². The summed E-state index contributed by atoms with van der Waals surface area (Å²) in [6.45, 7) is 2.08. The Kier molecular flexibility index (Phi) is 7.85. The van der Waals surface area contributed by atoms with Crippen LogP contribution in [0, 0.1) is 12.3 Å². The first-order valence-electron chi connectivity index (χ1n) is 18.4. The van der Waals surface area contributed by atoms with Gasteiger partial charge in [0, 0.05) is 67.3 Å². The van der Waals surface area contributed by atoms with Gasteiger partial charge >= 0.3 is 0 Å². The van der Waals surface area contributed by atoms with Gasteiger partial charge in [-0.05, 0) is 78.7 Å².